The van der Waals surface area contributed by atoms with E-state index in [9.17, 15) is 9.59 Å². The molecular weight excluding hydrogens is 304 g/mol. The SMILES string of the molecule is CCNC(=O)NC/C=C/CCCCCCCCCCCCC(=O)O. The number of carboxylic acids is 1. The summed E-state index contributed by atoms with van der Waals surface area (Å²) in [5.41, 5.74) is 0. The molecule has 0 radical (unpaired) electrons. The van der Waals surface area contributed by atoms with Gasteiger partial charge in [-0.2, -0.15) is 0 Å². The highest BCUT2D eigenvalue weighted by Gasteiger charge is 1.97. The third-order valence-electron chi connectivity index (χ3n) is 3.90. The third kappa shape index (κ3) is 18.5. The van der Waals surface area contributed by atoms with E-state index in [0.717, 1.165) is 19.3 Å². The lowest BCUT2D eigenvalue weighted by molar-refractivity contribution is -0.137. The van der Waals surface area contributed by atoms with Gasteiger partial charge in [-0.1, -0.05) is 63.5 Å². The van der Waals surface area contributed by atoms with Gasteiger partial charge >= 0.3 is 12.0 Å². The van der Waals surface area contributed by atoms with E-state index in [-0.39, 0.29) is 6.03 Å². The summed E-state index contributed by atoms with van der Waals surface area (Å²) in [4.78, 5) is 21.5. The molecule has 5 nitrogen and oxygen atoms in total. The van der Waals surface area contributed by atoms with E-state index in [0.29, 0.717) is 19.5 Å². The van der Waals surface area contributed by atoms with Crippen molar-refractivity contribution in [3.05, 3.63) is 12.2 Å². The number of unbranched alkanes of at least 4 members (excludes halogenated alkanes) is 10. The molecule has 0 rings (SSSR count). The number of aliphatic carboxylic acids is 1. The highest BCUT2D eigenvalue weighted by molar-refractivity contribution is 5.73. The van der Waals surface area contributed by atoms with Crippen LogP contribution in [0.25, 0.3) is 0 Å². The summed E-state index contributed by atoms with van der Waals surface area (Å²) >= 11 is 0. The number of urea groups is 1. The molecule has 0 saturated carbocycles. The number of rotatable bonds is 16. The fourth-order valence-corrected chi connectivity index (χ4v) is 2.53. The van der Waals surface area contributed by atoms with Gasteiger partial charge in [-0.15, -0.1) is 0 Å². The molecular formula is C19H36N2O3. The van der Waals surface area contributed by atoms with Crippen LogP contribution < -0.4 is 10.6 Å². The monoisotopic (exact) mass is 340 g/mol. The highest BCUT2D eigenvalue weighted by Crippen LogP contribution is 2.12. The van der Waals surface area contributed by atoms with Gasteiger partial charge in [0.1, 0.15) is 0 Å². The third-order valence-corrected chi connectivity index (χ3v) is 3.90. The van der Waals surface area contributed by atoms with E-state index in [1.54, 1.807) is 0 Å². The van der Waals surface area contributed by atoms with Gasteiger partial charge in [-0.05, 0) is 26.2 Å². The molecule has 0 saturated heterocycles. The van der Waals surface area contributed by atoms with Crippen LogP contribution in [0.5, 0.6) is 0 Å². The van der Waals surface area contributed by atoms with Gasteiger partial charge in [0.05, 0.1) is 0 Å². The quantitative estimate of drug-likeness (QED) is 0.283. The first-order valence-corrected chi connectivity index (χ1v) is 9.55. The molecule has 0 aromatic carbocycles. The maximum absolute atomic E-state index is 11.1. The van der Waals surface area contributed by atoms with E-state index >= 15 is 0 Å². The van der Waals surface area contributed by atoms with Gasteiger partial charge < -0.3 is 15.7 Å². The number of allylic oxidation sites excluding steroid dienone is 1. The maximum atomic E-state index is 11.1. The van der Waals surface area contributed by atoms with Gasteiger partial charge in [0, 0.05) is 19.5 Å². The van der Waals surface area contributed by atoms with Crippen molar-refractivity contribution >= 4 is 12.0 Å². The normalized spacial score (nSPS) is 10.9. The zero-order valence-electron chi connectivity index (χ0n) is 15.3. The number of amides is 2. The molecule has 2 amide bonds. The Hall–Kier alpha value is -1.52. The van der Waals surface area contributed by atoms with Crippen LogP contribution in [-0.4, -0.2) is 30.2 Å². The molecule has 5 heteroatoms. The molecule has 3 N–H and O–H groups in total. The van der Waals surface area contributed by atoms with Crippen molar-refractivity contribution in [1.82, 2.24) is 10.6 Å². The summed E-state index contributed by atoms with van der Waals surface area (Å²) in [7, 11) is 0. The van der Waals surface area contributed by atoms with Crippen LogP contribution >= 0.6 is 0 Å². The molecule has 0 fully saturated rings. The van der Waals surface area contributed by atoms with Crippen LogP contribution in [0.2, 0.25) is 0 Å². The molecule has 0 unspecified atom stereocenters. The van der Waals surface area contributed by atoms with Crippen molar-refractivity contribution in [1.29, 1.82) is 0 Å². The largest absolute Gasteiger partial charge is 0.481 e. The van der Waals surface area contributed by atoms with Gasteiger partial charge in [0.25, 0.3) is 0 Å². The van der Waals surface area contributed by atoms with Crippen molar-refractivity contribution in [3.63, 3.8) is 0 Å². The minimum absolute atomic E-state index is 0.107. The highest BCUT2D eigenvalue weighted by atomic mass is 16.4. The van der Waals surface area contributed by atoms with E-state index in [1.165, 1.54) is 51.4 Å². The first kappa shape index (κ1) is 22.5. The summed E-state index contributed by atoms with van der Waals surface area (Å²) in [6.45, 7) is 3.15. The number of hydrogen-bond donors (Lipinski definition) is 3. The van der Waals surface area contributed by atoms with E-state index in [1.807, 2.05) is 13.0 Å². The number of carbonyl (C=O) groups is 2. The molecule has 0 aliphatic rings. The molecule has 24 heavy (non-hydrogen) atoms. The predicted molar refractivity (Wildman–Crippen MR) is 99.3 cm³/mol. The molecule has 0 atom stereocenters. The van der Waals surface area contributed by atoms with Gasteiger partial charge in [-0.25, -0.2) is 4.79 Å². The molecule has 0 aromatic rings. The van der Waals surface area contributed by atoms with Gasteiger partial charge in [0.2, 0.25) is 0 Å². The summed E-state index contributed by atoms with van der Waals surface area (Å²) in [6.07, 6.45) is 17.5. The second-order valence-corrected chi connectivity index (χ2v) is 6.18. The Morgan fingerprint density at radius 1 is 0.792 bits per heavy atom. The second kappa shape index (κ2) is 17.8. The Balaban J connectivity index is 3.14. The topological polar surface area (TPSA) is 78.4 Å². The van der Waals surface area contributed by atoms with Crippen molar-refractivity contribution in [2.75, 3.05) is 13.1 Å². The maximum Gasteiger partial charge on any atom is 0.315 e. The average molecular weight is 341 g/mol. The molecule has 0 heterocycles. The first-order valence-electron chi connectivity index (χ1n) is 9.55. The van der Waals surface area contributed by atoms with Crippen LogP contribution in [0.15, 0.2) is 12.2 Å². The Kier molecular flexibility index (Phi) is 16.7. The van der Waals surface area contributed by atoms with Crippen molar-refractivity contribution < 1.29 is 14.7 Å². The Bertz CT molecular complexity index is 344. The number of nitrogens with one attached hydrogen (secondary N) is 2. The predicted octanol–water partition coefficient (Wildman–Crippen LogP) is 4.63. The summed E-state index contributed by atoms with van der Waals surface area (Å²) in [5.74, 6) is -0.678. The zero-order valence-corrected chi connectivity index (χ0v) is 15.3. The lowest BCUT2D eigenvalue weighted by atomic mass is 10.1. The van der Waals surface area contributed by atoms with E-state index in [2.05, 4.69) is 16.7 Å². The molecule has 0 aromatic heterocycles. The molecule has 0 aliphatic heterocycles. The molecule has 0 aliphatic carbocycles. The van der Waals surface area contributed by atoms with Crippen LogP contribution in [0.4, 0.5) is 4.79 Å². The smallest absolute Gasteiger partial charge is 0.315 e. The summed E-state index contributed by atoms with van der Waals surface area (Å²) in [6, 6.07) is -0.107. The Morgan fingerprint density at radius 2 is 1.33 bits per heavy atom. The fraction of sp³-hybridized carbons (Fsp3) is 0.789. The number of hydrogen-bond acceptors (Lipinski definition) is 2. The number of carbonyl (C=O) groups excluding carboxylic acids is 1. The lowest BCUT2D eigenvalue weighted by Crippen LogP contribution is -2.35. The first-order chi connectivity index (χ1) is 11.7. The average Bonchev–Trinajstić information content (AvgIpc) is 2.54. The van der Waals surface area contributed by atoms with Crippen LogP contribution in [0.1, 0.15) is 84.0 Å². The summed E-state index contributed by atoms with van der Waals surface area (Å²) < 4.78 is 0. The Labute approximate surface area is 147 Å². The minimum Gasteiger partial charge on any atom is -0.481 e. The molecule has 140 valence electrons. The van der Waals surface area contributed by atoms with Crippen molar-refractivity contribution in [2.45, 2.75) is 84.0 Å². The summed E-state index contributed by atoms with van der Waals surface area (Å²) in [5, 5.41) is 14.0. The van der Waals surface area contributed by atoms with Crippen molar-refractivity contribution in [2.24, 2.45) is 0 Å². The fourth-order valence-electron chi connectivity index (χ4n) is 2.53. The van der Waals surface area contributed by atoms with Crippen LogP contribution in [0.3, 0.4) is 0 Å². The van der Waals surface area contributed by atoms with Crippen LogP contribution in [-0.2, 0) is 4.79 Å². The second-order valence-electron chi connectivity index (χ2n) is 6.18. The lowest BCUT2D eigenvalue weighted by Gasteiger charge is -2.02. The zero-order chi connectivity index (χ0) is 17.9. The van der Waals surface area contributed by atoms with E-state index < -0.39 is 5.97 Å². The number of carboxylic acid groups (broad SMARTS) is 1. The molecule has 0 bridgehead atoms. The molecule has 0 spiro atoms. The standard InChI is InChI=1S/C19H36N2O3/c1-2-20-19(24)21-17-15-13-11-9-7-5-3-4-6-8-10-12-14-16-18(22)23/h13,15H,2-12,14,16-17H2,1H3,(H,22,23)(H2,20,21,24)/b15-13+. The van der Waals surface area contributed by atoms with Crippen molar-refractivity contribution in [3.8, 4) is 0 Å². The van der Waals surface area contributed by atoms with Crippen LogP contribution in [0, 0.1) is 0 Å². The van der Waals surface area contributed by atoms with Gasteiger partial charge in [0.15, 0.2) is 0 Å². The minimum atomic E-state index is -0.678. The van der Waals surface area contributed by atoms with E-state index in [4.69, 9.17) is 5.11 Å². The Morgan fingerprint density at radius 3 is 1.88 bits per heavy atom. The van der Waals surface area contributed by atoms with Gasteiger partial charge in [-0.3, -0.25) is 4.79 Å².